The summed E-state index contributed by atoms with van der Waals surface area (Å²) in [7, 11) is 0. The van der Waals surface area contributed by atoms with Crippen LogP contribution in [0.3, 0.4) is 0 Å². The van der Waals surface area contributed by atoms with Crippen LogP contribution in [-0.4, -0.2) is 15.0 Å². The first-order valence-electron chi connectivity index (χ1n) is 16.6. The predicted molar refractivity (Wildman–Crippen MR) is 202 cm³/mol. The van der Waals surface area contributed by atoms with Gasteiger partial charge in [0.15, 0.2) is 17.5 Å². The number of hydrogen-bond donors (Lipinski definition) is 0. The standard InChI is InChI=1S/C45H27N3O2/c1-3-11-28(12-4-1)29-21-23-30(24-22-29)33-16-9-19-38-41(33)42-36(17-10-20-39(42)50-38)45-47-43(31-13-5-2-6-14-31)46-44(48-45)32-25-26-35-34-15-7-8-18-37(34)49-40(35)27-32/h1-27H. The highest BCUT2D eigenvalue weighted by Gasteiger charge is 2.20. The first-order chi connectivity index (χ1) is 24.8. The minimum atomic E-state index is 0.567. The van der Waals surface area contributed by atoms with Crippen LogP contribution >= 0.6 is 0 Å². The average Bonchev–Trinajstić information content (AvgIpc) is 3.77. The number of fused-ring (bicyclic) bond motifs is 6. The second kappa shape index (κ2) is 11.4. The lowest BCUT2D eigenvalue weighted by molar-refractivity contribution is 0.668. The fourth-order valence-electron chi connectivity index (χ4n) is 6.97. The third-order valence-corrected chi connectivity index (χ3v) is 9.37. The Hall–Kier alpha value is -6.85. The average molecular weight is 642 g/mol. The van der Waals surface area contributed by atoms with Crippen molar-refractivity contribution in [2.24, 2.45) is 0 Å². The molecule has 0 spiro atoms. The van der Waals surface area contributed by atoms with Gasteiger partial charge in [-0.05, 0) is 52.6 Å². The Kier molecular flexibility index (Phi) is 6.42. The van der Waals surface area contributed by atoms with E-state index in [4.69, 9.17) is 23.8 Å². The van der Waals surface area contributed by atoms with E-state index in [1.165, 1.54) is 11.1 Å². The second-order valence-electron chi connectivity index (χ2n) is 12.4. The van der Waals surface area contributed by atoms with Crippen molar-refractivity contribution < 1.29 is 8.83 Å². The molecule has 0 bridgehead atoms. The van der Waals surface area contributed by atoms with Crippen LogP contribution in [0, 0.1) is 0 Å². The van der Waals surface area contributed by atoms with Crippen LogP contribution in [0.15, 0.2) is 173 Å². The van der Waals surface area contributed by atoms with Gasteiger partial charge in [0.1, 0.15) is 22.3 Å². The molecule has 0 aliphatic carbocycles. The third kappa shape index (κ3) is 4.67. The Morgan fingerprint density at radius 1 is 0.300 bits per heavy atom. The van der Waals surface area contributed by atoms with Gasteiger partial charge in [-0.1, -0.05) is 133 Å². The van der Waals surface area contributed by atoms with Crippen LogP contribution in [0.1, 0.15) is 0 Å². The molecule has 0 saturated heterocycles. The van der Waals surface area contributed by atoms with Gasteiger partial charge in [-0.2, -0.15) is 0 Å². The number of nitrogens with zero attached hydrogens (tertiary/aromatic N) is 3. The summed E-state index contributed by atoms with van der Waals surface area (Å²) in [5, 5.41) is 4.13. The zero-order chi connectivity index (χ0) is 33.0. The zero-order valence-electron chi connectivity index (χ0n) is 26.7. The maximum Gasteiger partial charge on any atom is 0.164 e. The number of aromatic nitrogens is 3. The quantitative estimate of drug-likeness (QED) is 0.187. The molecule has 0 aliphatic heterocycles. The second-order valence-corrected chi connectivity index (χ2v) is 12.4. The molecule has 3 aromatic heterocycles. The Balaban J connectivity index is 1.18. The van der Waals surface area contributed by atoms with Crippen molar-refractivity contribution in [3.05, 3.63) is 164 Å². The number of hydrogen-bond acceptors (Lipinski definition) is 5. The normalized spacial score (nSPS) is 11.6. The molecule has 10 rings (SSSR count). The van der Waals surface area contributed by atoms with Crippen LogP contribution in [0.25, 0.3) is 100 Å². The van der Waals surface area contributed by atoms with Gasteiger partial charge in [0.05, 0.1) is 0 Å². The van der Waals surface area contributed by atoms with Gasteiger partial charge in [-0.3, -0.25) is 0 Å². The summed E-state index contributed by atoms with van der Waals surface area (Å²) in [5.74, 6) is 1.73. The SMILES string of the molecule is c1ccc(-c2ccc(-c3cccc4oc5cccc(-c6nc(-c7ccccc7)nc(-c7ccc8c(c7)oc7ccccc78)n6)c5c34)cc2)cc1. The molecule has 0 fully saturated rings. The molecule has 7 aromatic carbocycles. The largest absolute Gasteiger partial charge is 0.456 e. The van der Waals surface area contributed by atoms with Crippen LogP contribution in [0.2, 0.25) is 0 Å². The Morgan fingerprint density at radius 2 is 0.800 bits per heavy atom. The molecule has 5 nitrogen and oxygen atoms in total. The summed E-state index contributed by atoms with van der Waals surface area (Å²) in [6.07, 6.45) is 0. The third-order valence-electron chi connectivity index (χ3n) is 9.37. The van der Waals surface area contributed by atoms with E-state index in [1.54, 1.807) is 0 Å². The molecule has 234 valence electrons. The highest BCUT2D eigenvalue weighted by Crippen LogP contribution is 2.42. The van der Waals surface area contributed by atoms with Crippen molar-refractivity contribution in [2.75, 3.05) is 0 Å². The summed E-state index contributed by atoms with van der Waals surface area (Å²) in [6, 6.07) is 55.8. The molecule has 0 atom stereocenters. The van der Waals surface area contributed by atoms with Crippen molar-refractivity contribution in [1.29, 1.82) is 0 Å². The maximum atomic E-state index is 6.49. The molecular formula is C45H27N3O2. The van der Waals surface area contributed by atoms with E-state index in [0.717, 1.165) is 71.7 Å². The van der Waals surface area contributed by atoms with Gasteiger partial charge in [-0.15, -0.1) is 0 Å². The smallest absolute Gasteiger partial charge is 0.164 e. The molecule has 50 heavy (non-hydrogen) atoms. The molecule has 0 amide bonds. The molecule has 0 saturated carbocycles. The number of para-hydroxylation sites is 1. The van der Waals surface area contributed by atoms with Crippen molar-refractivity contribution in [3.63, 3.8) is 0 Å². The number of rotatable bonds is 5. The predicted octanol–water partition coefficient (Wildman–Crippen LogP) is 12.0. The maximum absolute atomic E-state index is 6.49. The first-order valence-corrected chi connectivity index (χ1v) is 16.6. The van der Waals surface area contributed by atoms with Crippen LogP contribution in [-0.2, 0) is 0 Å². The fraction of sp³-hybridized carbons (Fsp3) is 0. The number of benzene rings is 7. The first kappa shape index (κ1) is 28.2. The Labute approximate surface area is 287 Å². The van der Waals surface area contributed by atoms with E-state index in [2.05, 4.69) is 78.9 Å². The van der Waals surface area contributed by atoms with Gasteiger partial charge in [0.25, 0.3) is 0 Å². The summed E-state index contributed by atoms with van der Waals surface area (Å²) in [6.45, 7) is 0. The van der Waals surface area contributed by atoms with Crippen molar-refractivity contribution in [1.82, 2.24) is 15.0 Å². The van der Waals surface area contributed by atoms with Gasteiger partial charge in [0, 0.05) is 38.2 Å². The molecule has 5 heteroatoms. The summed E-state index contributed by atoms with van der Waals surface area (Å²) in [4.78, 5) is 15.2. The van der Waals surface area contributed by atoms with Crippen LogP contribution in [0.5, 0.6) is 0 Å². The summed E-state index contributed by atoms with van der Waals surface area (Å²) in [5.41, 5.74) is 10.4. The number of furan rings is 2. The van der Waals surface area contributed by atoms with Gasteiger partial charge in [0.2, 0.25) is 0 Å². The van der Waals surface area contributed by atoms with Crippen molar-refractivity contribution >= 4 is 43.9 Å². The van der Waals surface area contributed by atoms with Gasteiger partial charge in [-0.25, -0.2) is 15.0 Å². The van der Waals surface area contributed by atoms with Crippen molar-refractivity contribution in [3.8, 4) is 56.4 Å². The summed E-state index contributed by atoms with van der Waals surface area (Å²) >= 11 is 0. The molecule has 0 aliphatic rings. The monoisotopic (exact) mass is 641 g/mol. The van der Waals surface area contributed by atoms with E-state index >= 15 is 0 Å². The van der Waals surface area contributed by atoms with Crippen LogP contribution < -0.4 is 0 Å². The molecule has 0 N–H and O–H groups in total. The molecule has 3 heterocycles. The lowest BCUT2D eigenvalue weighted by Gasteiger charge is -2.10. The lowest BCUT2D eigenvalue weighted by Crippen LogP contribution is -2.00. The lowest BCUT2D eigenvalue weighted by atomic mass is 9.95. The Bertz CT molecular complexity index is 2850. The molecule has 0 radical (unpaired) electrons. The molecular weight excluding hydrogens is 615 g/mol. The topological polar surface area (TPSA) is 65.0 Å². The summed E-state index contributed by atoms with van der Waals surface area (Å²) < 4.78 is 12.7. The minimum Gasteiger partial charge on any atom is -0.456 e. The van der Waals surface area contributed by atoms with E-state index in [-0.39, 0.29) is 0 Å². The zero-order valence-corrected chi connectivity index (χ0v) is 26.7. The molecule has 0 unspecified atom stereocenters. The fourth-order valence-corrected chi connectivity index (χ4v) is 6.97. The van der Waals surface area contributed by atoms with E-state index in [1.807, 2.05) is 84.9 Å². The Morgan fingerprint density at radius 3 is 1.56 bits per heavy atom. The highest BCUT2D eigenvalue weighted by atomic mass is 16.3. The minimum absolute atomic E-state index is 0.567. The van der Waals surface area contributed by atoms with Crippen LogP contribution in [0.4, 0.5) is 0 Å². The van der Waals surface area contributed by atoms with Gasteiger partial charge < -0.3 is 8.83 Å². The highest BCUT2D eigenvalue weighted by molar-refractivity contribution is 6.17. The van der Waals surface area contributed by atoms with E-state index in [0.29, 0.717) is 17.5 Å². The molecule has 10 aromatic rings. The van der Waals surface area contributed by atoms with E-state index in [9.17, 15) is 0 Å². The van der Waals surface area contributed by atoms with E-state index < -0.39 is 0 Å². The van der Waals surface area contributed by atoms with Crippen molar-refractivity contribution in [2.45, 2.75) is 0 Å². The van der Waals surface area contributed by atoms with Gasteiger partial charge >= 0.3 is 0 Å².